The Morgan fingerprint density at radius 1 is 1.32 bits per heavy atom. The molecular formula is C15H20N4. The van der Waals surface area contributed by atoms with Gasteiger partial charge in [-0.15, -0.1) is 10.2 Å². The molecule has 1 unspecified atom stereocenters. The van der Waals surface area contributed by atoms with E-state index in [9.17, 15) is 0 Å². The summed E-state index contributed by atoms with van der Waals surface area (Å²) in [5.41, 5.74) is 3.75. The SMILES string of the molecule is Cc1ccc(-n2cnnc2C2CCCNC2)c(C)c1. The molecule has 1 N–H and O–H groups in total. The van der Waals surface area contributed by atoms with Crippen molar-refractivity contribution >= 4 is 0 Å². The summed E-state index contributed by atoms with van der Waals surface area (Å²) in [7, 11) is 0. The molecule has 0 saturated carbocycles. The Morgan fingerprint density at radius 2 is 2.21 bits per heavy atom. The highest BCUT2D eigenvalue weighted by molar-refractivity contribution is 5.43. The van der Waals surface area contributed by atoms with E-state index in [1.165, 1.54) is 29.7 Å². The van der Waals surface area contributed by atoms with Gasteiger partial charge in [0.15, 0.2) is 0 Å². The van der Waals surface area contributed by atoms with Gasteiger partial charge in [0.05, 0.1) is 5.69 Å². The zero-order chi connectivity index (χ0) is 13.2. The molecule has 0 radical (unpaired) electrons. The van der Waals surface area contributed by atoms with Crippen molar-refractivity contribution in [3.63, 3.8) is 0 Å². The highest BCUT2D eigenvalue weighted by Gasteiger charge is 2.21. The fraction of sp³-hybridized carbons (Fsp3) is 0.467. The molecule has 0 amide bonds. The van der Waals surface area contributed by atoms with E-state index in [0.29, 0.717) is 5.92 Å². The molecule has 1 fully saturated rings. The van der Waals surface area contributed by atoms with Crippen LogP contribution in [0.1, 0.15) is 35.7 Å². The molecule has 1 aromatic heterocycles. The predicted molar refractivity (Wildman–Crippen MR) is 75.7 cm³/mol. The Morgan fingerprint density at radius 3 is 2.95 bits per heavy atom. The largest absolute Gasteiger partial charge is 0.316 e. The van der Waals surface area contributed by atoms with Crippen LogP contribution >= 0.6 is 0 Å². The molecule has 2 heterocycles. The van der Waals surface area contributed by atoms with Gasteiger partial charge in [0, 0.05) is 12.5 Å². The van der Waals surface area contributed by atoms with Crippen molar-refractivity contribution in [3.8, 4) is 5.69 Å². The lowest BCUT2D eigenvalue weighted by atomic mass is 9.98. The third-order valence-electron chi connectivity index (χ3n) is 3.85. The quantitative estimate of drug-likeness (QED) is 0.897. The molecule has 0 spiro atoms. The Labute approximate surface area is 113 Å². The summed E-state index contributed by atoms with van der Waals surface area (Å²) in [5.74, 6) is 1.55. The van der Waals surface area contributed by atoms with Crippen LogP contribution in [0.15, 0.2) is 24.5 Å². The van der Waals surface area contributed by atoms with Crippen molar-refractivity contribution in [2.75, 3.05) is 13.1 Å². The van der Waals surface area contributed by atoms with Crippen LogP contribution in [0.2, 0.25) is 0 Å². The van der Waals surface area contributed by atoms with Crippen molar-refractivity contribution < 1.29 is 0 Å². The van der Waals surface area contributed by atoms with Gasteiger partial charge in [-0.2, -0.15) is 0 Å². The molecule has 2 aromatic rings. The zero-order valence-corrected chi connectivity index (χ0v) is 11.6. The Balaban J connectivity index is 1.99. The van der Waals surface area contributed by atoms with E-state index in [1.54, 1.807) is 0 Å². The first-order valence-corrected chi connectivity index (χ1v) is 6.94. The van der Waals surface area contributed by atoms with Gasteiger partial charge in [-0.1, -0.05) is 17.7 Å². The number of hydrogen-bond acceptors (Lipinski definition) is 3. The monoisotopic (exact) mass is 256 g/mol. The van der Waals surface area contributed by atoms with E-state index in [1.807, 2.05) is 6.33 Å². The second-order valence-electron chi connectivity index (χ2n) is 5.39. The molecule has 1 atom stereocenters. The molecule has 19 heavy (non-hydrogen) atoms. The second-order valence-corrected chi connectivity index (χ2v) is 5.39. The van der Waals surface area contributed by atoms with Crippen LogP contribution in [0.4, 0.5) is 0 Å². The van der Waals surface area contributed by atoms with Crippen LogP contribution < -0.4 is 5.32 Å². The maximum absolute atomic E-state index is 4.35. The number of aryl methyl sites for hydroxylation is 2. The first-order valence-electron chi connectivity index (χ1n) is 6.94. The fourth-order valence-corrected chi connectivity index (χ4v) is 2.86. The molecular weight excluding hydrogens is 236 g/mol. The average molecular weight is 256 g/mol. The standard InChI is InChI=1S/C15H20N4/c1-11-5-6-14(12(2)8-11)19-10-17-18-15(19)13-4-3-7-16-9-13/h5-6,8,10,13,16H,3-4,7,9H2,1-2H3. The van der Waals surface area contributed by atoms with Crippen LogP contribution in [-0.2, 0) is 0 Å². The number of nitrogens with zero attached hydrogens (tertiary/aromatic N) is 3. The summed E-state index contributed by atoms with van der Waals surface area (Å²) in [4.78, 5) is 0. The predicted octanol–water partition coefficient (Wildman–Crippen LogP) is 2.35. The maximum atomic E-state index is 4.35. The minimum absolute atomic E-state index is 0.469. The second kappa shape index (κ2) is 5.13. The van der Waals surface area contributed by atoms with Crippen molar-refractivity contribution in [1.82, 2.24) is 20.1 Å². The molecule has 1 saturated heterocycles. The van der Waals surface area contributed by atoms with Gasteiger partial charge in [0.1, 0.15) is 12.2 Å². The summed E-state index contributed by atoms with van der Waals surface area (Å²) in [6.45, 7) is 6.39. The van der Waals surface area contributed by atoms with Gasteiger partial charge in [-0.3, -0.25) is 4.57 Å². The average Bonchev–Trinajstić information content (AvgIpc) is 2.89. The van der Waals surface area contributed by atoms with Crippen LogP contribution in [0, 0.1) is 13.8 Å². The zero-order valence-electron chi connectivity index (χ0n) is 11.6. The number of piperidine rings is 1. The van der Waals surface area contributed by atoms with Crippen molar-refractivity contribution in [2.45, 2.75) is 32.6 Å². The number of rotatable bonds is 2. The van der Waals surface area contributed by atoms with E-state index in [0.717, 1.165) is 18.9 Å². The van der Waals surface area contributed by atoms with E-state index in [-0.39, 0.29) is 0 Å². The molecule has 1 aliphatic heterocycles. The van der Waals surface area contributed by atoms with E-state index >= 15 is 0 Å². The summed E-state index contributed by atoms with van der Waals surface area (Å²) in [6, 6.07) is 6.51. The highest BCUT2D eigenvalue weighted by Crippen LogP contribution is 2.25. The summed E-state index contributed by atoms with van der Waals surface area (Å²) in [6.07, 6.45) is 4.24. The Hall–Kier alpha value is -1.68. The molecule has 0 aliphatic carbocycles. The molecule has 4 nitrogen and oxygen atoms in total. The topological polar surface area (TPSA) is 42.7 Å². The van der Waals surface area contributed by atoms with Crippen molar-refractivity contribution in [1.29, 1.82) is 0 Å². The lowest BCUT2D eigenvalue weighted by molar-refractivity contribution is 0.442. The summed E-state index contributed by atoms with van der Waals surface area (Å²) >= 11 is 0. The lowest BCUT2D eigenvalue weighted by Gasteiger charge is -2.23. The van der Waals surface area contributed by atoms with E-state index in [2.05, 4.69) is 52.1 Å². The van der Waals surface area contributed by atoms with Crippen molar-refractivity contribution in [2.24, 2.45) is 0 Å². The minimum atomic E-state index is 0.469. The third-order valence-corrected chi connectivity index (χ3v) is 3.85. The smallest absolute Gasteiger partial charge is 0.141 e. The minimum Gasteiger partial charge on any atom is -0.316 e. The molecule has 0 bridgehead atoms. The van der Waals surface area contributed by atoms with Crippen LogP contribution in [0.25, 0.3) is 5.69 Å². The number of benzene rings is 1. The summed E-state index contributed by atoms with van der Waals surface area (Å²) in [5, 5.41) is 11.9. The van der Waals surface area contributed by atoms with Gasteiger partial charge in [0.25, 0.3) is 0 Å². The van der Waals surface area contributed by atoms with Gasteiger partial charge in [0.2, 0.25) is 0 Å². The number of aromatic nitrogens is 3. The Kier molecular flexibility index (Phi) is 3.34. The normalized spacial score (nSPS) is 19.6. The van der Waals surface area contributed by atoms with Gasteiger partial charge in [-0.25, -0.2) is 0 Å². The fourth-order valence-electron chi connectivity index (χ4n) is 2.86. The molecule has 3 rings (SSSR count). The Bertz CT molecular complexity index is 567. The highest BCUT2D eigenvalue weighted by atomic mass is 15.3. The van der Waals surface area contributed by atoms with Crippen LogP contribution in [-0.4, -0.2) is 27.9 Å². The van der Waals surface area contributed by atoms with Gasteiger partial charge >= 0.3 is 0 Å². The molecule has 4 heteroatoms. The molecule has 1 aromatic carbocycles. The first kappa shape index (κ1) is 12.4. The van der Waals surface area contributed by atoms with E-state index < -0.39 is 0 Å². The van der Waals surface area contributed by atoms with Crippen LogP contribution in [0.5, 0.6) is 0 Å². The van der Waals surface area contributed by atoms with Crippen molar-refractivity contribution in [3.05, 3.63) is 41.5 Å². The summed E-state index contributed by atoms with van der Waals surface area (Å²) < 4.78 is 2.15. The first-order chi connectivity index (χ1) is 9.25. The third kappa shape index (κ3) is 2.40. The molecule has 100 valence electrons. The molecule has 1 aliphatic rings. The maximum Gasteiger partial charge on any atom is 0.141 e. The van der Waals surface area contributed by atoms with Gasteiger partial charge < -0.3 is 5.32 Å². The van der Waals surface area contributed by atoms with Gasteiger partial charge in [-0.05, 0) is 44.9 Å². The van der Waals surface area contributed by atoms with E-state index in [4.69, 9.17) is 0 Å². The number of nitrogens with one attached hydrogen (secondary N) is 1. The lowest BCUT2D eigenvalue weighted by Crippen LogP contribution is -2.30. The van der Waals surface area contributed by atoms with Crippen LogP contribution in [0.3, 0.4) is 0 Å². The number of hydrogen-bond donors (Lipinski definition) is 1.